The van der Waals surface area contributed by atoms with E-state index in [0.29, 0.717) is 23.9 Å². The molecule has 2 atom stereocenters. The third-order valence-electron chi connectivity index (χ3n) is 4.08. The largest absolute Gasteiger partial charge is 0.478 e. The van der Waals surface area contributed by atoms with Crippen LogP contribution < -0.4 is 5.32 Å². The number of benzene rings is 1. The Balaban J connectivity index is 1.90. The van der Waals surface area contributed by atoms with Gasteiger partial charge in [0.05, 0.1) is 18.1 Å². The van der Waals surface area contributed by atoms with Crippen LogP contribution in [0.2, 0.25) is 0 Å². The highest BCUT2D eigenvalue weighted by atomic mass is 16.5. The van der Waals surface area contributed by atoms with Gasteiger partial charge in [-0.3, -0.25) is 4.79 Å². The molecule has 0 radical (unpaired) electrons. The lowest BCUT2D eigenvalue weighted by Gasteiger charge is -2.22. The number of ether oxygens (including phenoxy) is 1. The zero-order valence-corrected chi connectivity index (χ0v) is 13.0. The molecule has 2 unspecified atom stereocenters. The van der Waals surface area contributed by atoms with Crippen LogP contribution in [0.3, 0.4) is 0 Å². The highest BCUT2D eigenvalue weighted by Crippen LogP contribution is 2.26. The van der Waals surface area contributed by atoms with E-state index < -0.39 is 5.97 Å². The fraction of sp³-hybridized carbons (Fsp3) is 0.529. The second-order valence-electron chi connectivity index (χ2n) is 6.07. The van der Waals surface area contributed by atoms with Crippen LogP contribution in [0.15, 0.2) is 24.3 Å². The fourth-order valence-electron chi connectivity index (χ4n) is 2.97. The third kappa shape index (κ3) is 4.07. The van der Waals surface area contributed by atoms with Gasteiger partial charge in [0.1, 0.15) is 0 Å². The summed E-state index contributed by atoms with van der Waals surface area (Å²) in [6.45, 7) is 5.56. The molecule has 1 aliphatic rings. The van der Waals surface area contributed by atoms with Crippen LogP contribution in [0.25, 0.3) is 0 Å². The van der Waals surface area contributed by atoms with Gasteiger partial charge >= 0.3 is 5.97 Å². The minimum absolute atomic E-state index is 0.0857. The van der Waals surface area contributed by atoms with Crippen LogP contribution in [0.4, 0.5) is 0 Å². The molecule has 1 aromatic carbocycles. The molecule has 2 N–H and O–H groups in total. The van der Waals surface area contributed by atoms with Crippen molar-refractivity contribution >= 4 is 11.9 Å². The van der Waals surface area contributed by atoms with Crippen molar-refractivity contribution in [1.29, 1.82) is 0 Å². The quantitative estimate of drug-likeness (QED) is 0.844. The van der Waals surface area contributed by atoms with Gasteiger partial charge in [-0.05, 0) is 24.0 Å². The molecule has 1 aromatic rings. The Morgan fingerprint density at radius 2 is 2.09 bits per heavy atom. The number of carbonyl (C=O) groups excluding carboxylic acids is 1. The van der Waals surface area contributed by atoms with Gasteiger partial charge in [-0.2, -0.15) is 0 Å². The highest BCUT2D eigenvalue weighted by Gasteiger charge is 2.30. The minimum Gasteiger partial charge on any atom is -0.478 e. The van der Waals surface area contributed by atoms with Gasteiger partial charge in [0.25, 0.3) is 0 Å². The van der Waals surface area contributed by atoms with Crippen LogP contribution in [0.1, 0.15) is 36.2 Å². The Bertz CT molecular complexity index is 541. The second kappa shape index (κ2) is 7.40. The molecule has 1 heterocycles. The van der Waals surface area contributed by atoms with Gasteiger partial charge in [-0.25, -0.2) is 4.79 Å². The lowest BCUT2D eigenvalue weighted by molar-refractivity contribution is -0.120. The number of rotatable bonds is 6. The van der Waals surface area contributed by atoms with E-state index in [4.69, 9.17) is 9.84 Å². The lowest BCUT2D eigenvalue weighted by atomic mass is 9.93. The number of hydrogen-bond donors (Lipinski definition) is 2. The molecule has 5 heteroatoms. The molecule has 2 rings (SSSR count). The van der Waals surface area contributed by atoms with E-state index >= 15 is 0 Å². The third-order valence-corrected chi connectivity index (χ3v) is 4.08. The molecular weight excluding hydrogens is 282 g/mol. The summed E-state index contributed by atoms with van der Waals surface area (Å²) in [7, 11) is 0. The molecule has 1 saturated heterocycles. The van der Waals surface area contributed by atoms with E-state index in [0.717, 1.165) is 13.0 Å². The Morgan fingerprint density at radius 1 is 1.36 bits per heavy atom. The highest BCUT2D eigenvalue weighted by molar-refractivity contribution is 5.91. The number of carboxylic acids is 1. The molecular formula is C17H23NO4. The van der Waals surface area contributed by atoms with Crippen LogP contribution >= 0.6 is 0 Å². The van der Waals surface area contributed by atoms with Crippen molar-refractivity contribution in [2.75, 3.05) is 13.2 Å². The number of amides is 1. The average Bonchev–Trinajstić information content (AvgIpc) is 2.94. The predicted molar refractivity (Wildman–Crippen MR) is 82.8 cm³/mol. The first-order valence-electron chi connectivity index (χ1n) is 7.68. The summed E-state index contributed by atoms with van der Waals surface area (Å²) >= 11 is 0. The number of hydrogen-bond acceptors (Lipinski definition) is 3. The Morgan fingerprint density at radius 3 is 2.77 bits per heavy atom. The zero-order chi connectivity index (χ0) is 16.1. The van der Waals surface area contributed by atoms with E-state index in [1.165, 1.54) is 6.07 Å². The maximum atomic E-state index is 12.1. The molecule has 0 bridgehead atoms. The summed E-state index contributed by atoms with van der Waals surface area (Å²) < 4.78 is 5.70. The van der Waals surface area contributed by atoms with Crippen molar-refractivity contribution in [3.05, 3.63) is 35.4 Å². The Kier molecular flexibility index (Phi) is 5.55. The first-order valence-corrected chi connectivity index (χ1v) is 7.68. The summed E-state index contributed by atoms with van der Waals surface area (Å²) in [5.74, 6) is -0.397. The SMILES string of the molecule is CC(C)C1OCCC1CNC(=O)Cc1ccccc1C(=O)O. The van der Waals surface area contributed by atoms with Gasteiger partial charge in [-0.1, -0.05) is 32.0 Å². The van der Waals surface area contributed by atoms with E-state index in [9.17, 15) is 9.59 Å². The first-order chi connectivity index (χ1) is 10.5. The summed E-state index contributed by atoms with van der Waals surface area (Å²) in [6.07, 6.45) is 1.23. The molecule has 22 heavy (non-hydrogen) atoms. The topological polar surface area (TPSA) is 75.6 Å². The smallest absolute Gasteiger partial charge is 0.335 e. The summed E-state index contributed by atoms with van der Waals surface area (Å²) in [5.41, 5.74) is 0.720. The number of aromatic carboxylic acids is 1. The van der Waals surface area contributed by atoms with Gasteiger partial charge in [-0.15, -0.1) is 0 Å². The molecule has 1 fully saturated rings. The van der Waals surface area contributed by atoms with Crippen molar-refractivity contribution in [3.63, 3.8) is 0 Å². The van der Waals surface area contributed by atoms with Gasteiger partial charge in [0, 0.05) is 19.1 Å². The van der Waals surface area contributed by atoms with Gasteiger partial charge < -0.3 is 15.2 Å². The van der Waals surface area contributed by atoms with E-state index in [2.05, 4.69) is 19.2 Å². The Hall–Kier alpha value is -1.88. The van der Waals surface area contributed by atoms with Crippen molar-refractivity contribution in [1.82, 2.24) is 5.32 Å². The monoisotopic (exact) mass is 305 g/mol. The van der Waals surface area contributed by atoms with Crippen molar-refractivity contribution in [2.24, 2.45) is 11.8 Å². The molecule has 120 valence electrons. The van der Waals surface area contributed by atoms with Gasteiger partial charge in [0.2, 0.25) is 5.91 Å². The number of carboxylic acid groups (broad SMARTS) is 1. The average molecular weight is 305 g/mol. The van der Waals surface area contributed by atoms with E-state index in [1.807, 2.05) is 0 Å². The molecule has 0 aliphatic carbocycles. The second-order valence-corrected chi connectivity index (χ2v) is 6.07. The van der Waals surface area contributed by atoms with Crippen molar-refractivity contribution in [3.8, 4) is 0 Å². The summed E-state index contributed by atoms with van der Waals surface area (Å²) in [5, 5.41) is 12.0. The summed E-state index contributed by atoms with van der Waals surface area (Å²) in [4.78, 5) is 23.2. The maximum absolute atomic E-state index is 12.1. The minimum atomic E-state index is -1.01. The van der Waals surface area contributed by atoms with Crippen LogP contribution in [-0.2, 0) is 16.0 Å². The molecule has 1 aliphatic heterocycles. The fourth-order valence-corrected chi connectivity index (χ4v) is 2.97. The standard InChI is InChI=1S/C17H23NO4/c1-11(2)16-13(7-8-22-16)10-18-15(19)9-12-5-3-4-6-14(12)17(20)21/h3-6,11,13,16H,7-10H2,1-2H3,(H,18,19)(H,20,21). The molecule has 0 saturated carbocycles. The first kappa shape index (κ1) is 16.5. The lowest BCUT2D eigenvalue weighted by Crippen LogP contribution is -2.35. The van der Waals surface area contributed by atoms with Crippen LogP contribution in [-0.4, -0.2) is 36.2 Å². The molecule has 5 nitrogen and oxygen atoms in total. The number of nitrogens with one attached hydrogen (secondary N) is 1. The van der Waals surface area contributed by atoms with E-state index in [1.54, 1.807) is 18.2 Å². The molecule has 1 amide bonds. The zero-order valence-electron chi connectivity index (χ0n) is 13.0. The normalized spacial score (nSPS) is 21.0. The van der Waals surface area contributed by atoms with Crippen molar-refractivity contribution < 1.29 is 19.4 Å². The Labute approximate surface area is 130 Å². The van der Waals surface area contributed by atoms with E-state index in [-0.39, 0.29) is 24.0 Å². The molecule has 0 spiro atoms. The molecule has 0 aromatic heterocycles. The number of carbonyl (C=O) groups is 2. The van der Waals surface area contributed by atoms with Crippen molar-refractivity contribution in [2.45, 2.75) is 32.8 Å². The predicted octanol–water partition coefficient (Wildman–Crippen LogP) is 2.10. The van der Waals surface area contributed by atoms with Crippen LogP contribution in [0.5, 0.6) is 0 Å². The van der Waals surface area contributed by atoms with Gasteiger partial charge in [0.15, 0.2) is 0 Å². The summed E-state index contributed by atoms with van der Waals surface area (Å²) in [6, 6.07) is 6.60. The van der Waals surface area contributed by atoms with Crippen LogP contribution in [0, 0.1) is 11.8 Å². The maximum Gasteiger partial charge on any atom is 0.335 e.